The number of nitrogens with zero attached hydrogens (tertiary/aromatic N) is 1. The zero-order valence-corrected chi connectivity index (χ0v) is 11.9. The van der Waals surface area contributed by atoms with Crippen molar-refractivity contribution in [2.45, 2.75) is 26.7 Å². The maximum absolute atomic E-state index is 12.0. The Hall–Kier alpha value is -2.28. The second kappa shape index (κ2) is 8.76. The summed E-state index contributed by atoms with van der Waals surface area (Å²) in [6.45, 7) is 4.50. The van der Waals surface area contributed by atoms with Crippen molar-refractivity contribution in [2.75, 3.05) is 13.2 Å². The van der Waals surface area contributed by atoms with Gasteiger partial charge in [0.05, 0.1) is 13.2 Å². The third-order valence-corrected chi connectivity index (χ3v) is 2.60. The molecular formula is C16H19NO3. The molecule has 0 spiro atoms. The van der Waals surface area contributed by atoms with Gasteiger partial charge in [0, 0.05) is 5.56 Å². The predicted molar refractivity (Wildman–Crippen MR) is 76.5 cm³/mol. The van der Waals surface area contributed by atoms with E-state index < -0.39 is 5.97 Å². The molecule has 20 heavy (non-hydrogen) atoms. The summed E-state index contributed by atoms with van der Waals surface area (Å²) >= 11 is 0. The summed E-state index contributed by atoms with van der Waals surface area (Å²) in [4.78, 5) is 12.0. The molecule has 0 heterocycles. The Morgan fingerprint density at radius 3 is 2.45 bits per heavy atom. The van der Waals surface area contributed by atoms with Gasteiger partial charge in [0.25, 0.3) is 0 Å². The maximum Gasteiger partial charge on any atom is 0.352 e. The summed E-state index contributed by atoms with van der Waals surface area (Å²) in [5.74, 6) is -0.356. The summed E-state index contributed by atoms with van der Waals surface area (Å²) in [6.07, 6.45) is 1.70. The number of unbranched alkanes of at least 4 members (excludes halogenated alkanes) is 1. The highest BCUT2D eigenvalue weighted by Crippen LogP contribution is 2.21. The Morgan fingerprint density at radius 2 is 1.90 bits per heavy atom. The highest BCUT2D eigenvalue weighted by molar-refractivity contribution is 6.00. The van der Waals surface area contributed by atoms with Gasteiger partial charge < -0.3 is 9.47 Å². The highest BCUT2D eigenvalue weighted by atomic mass is 16.5. The van der Waals surface area contributed by atoms with Crippen molar-refractivity contribution < 1.29 is 14.3 Å². The van der Waals surface area contributed by atoms with E-state index in [4.69, 9.17) is 9.47 Å². The standard InChI is InChI=1S/C16H19NO3/c1-3-5-11-20-16(18)14(12-17)15(19-4-2)13-9-7-6-8-10-13/h6-10H,3-5,11H2,1-2H3/b15-14-. The second-order valence-corrected chi connectivity index (χ2v) is 4.10. The van der Waals surface area contributed by atoms with Crippen LogP contribution in [0.5, 0.6) is 0 Å². The first-order chi connectivity index (χ1) is 9.74. The summed E-state index contributed by atoms with van der Waals surface area (Å²) in [7, 11) is 0. The number of hydrogen-bond donors (Lipinski definition) is 0. The first-order valence-electron chi connectivity index (χ1n) is 6.74. The van der Waals surface area contributed by atoms with Gasteiger partial charge in [-0.2, -0.15) is 5.26 Å². The lowest BCUT2D eigenvalue weighted by atomic mass is 10.1. The zero-order chi connectivity index (χ0) is 14.8. The molecule has 0 aliphatic rings. The molecule has 0 saturated carbocycles. The van der Waals surface area contributed by atoms with E-state index in [1.807, 2.05) is 31.2 Å². The molecule has 0 aliphatic carbocycles. The summed E-state index contributed by atoms with van der Waals surface area (Å²) in [6, 6.07) is 11.0. The van der Waals surface area contributed by atoms with Crippen LogP contribution in [-0.4, -0.2) is 19.2 Å². The third kappa shape index (κ3) is 4.43. The van der Waals surface area contributed by atoms with Crippen LogP contribution in [0, 0.1) is 11.3 Å². The molecule has 0 atom stereocenters. The molecule has 0 N–H and O–H groups in total. The van der Waals surface area contributed by atoms with Gasteiger partial charge in [-0.3, -0.25) is 0 Å². The molecule has 0 aromatic heterocycles. The number of hydrogen-bond acceptors (Lipinski definition) is 4. The van der Waals surface area contributed by atoms with Gasteiger partial charge in [0.15, 0.2) is 11.3 Å². The highest BCUT2D eigenvalue weighted by Gasteiger charge is 2.19. The van der Waals surface area contributed by atoms with E-state index in [0.29, 0.717) is 18.8 Å². The Morgan fingerprint density at radius 1 is 1.20 bits per heavy atom. The van der Waals surface area contributed by atoms with Gasteiger partial charge in [-0.15, -0.1) is 0 Å². The lowest BCUT2D eigenvalue weighted by molar-refractivity contribution is -0.138. The molecule has 0 bridgehead atoms. The molecule has 0 unspecified atom stereocenters. The van der Waals surface area contributed by atoms with E-state index in [0.717, 1.165) is 12.8 Å². The van der Waals surface area contributed by atoms with Crippen LogP contribution in [0.4, 0.5) is 0 Å². The lowest BCUT2D eigenvalue weighted by Gasteiger charge is -2.11. The monoisotopic (exact) mass is 273 g/mol. The largest absolute Gasteiger partial charge is 0.492 e. The molecule has 1 rings (SSSR count). The number of nitriles is 1. The fourth-order valence-electron chi connectivity index (χ4n) is 1.60. The van der Waals surface area contributed by atoms with Crippen molar-refractivity contribution >= 4 is 11.7 Å². The van der Waals surface area contributed by atoms with E-state index in [-0.39, 0.29) is 11.3 Å². The maximum atomic E-state index is 12.0. The van der Waals surface area contributed by atoms with E-state index in [1.54, 1.807) is 19.1 Å². The van der Waals surface area contributed by atoms with Crippen molar-refractivity contribution in [3.05, 3.63) is 41.5 Å². The van der Waals surface area contributed by atoms with Crippen LogP contribution in [0.15, 0.2) is 35.9 Å². The molecule has 0 fully saturated rings. The minimum Gasteiger partial charge on any atom is -0.492 e. The molecule has 1 aromatic carbocycles. The predicted octanol–water partition coefficient (Wildman–Crippen LogP) is 3.30. The SMILES string of the molecule is CCCCOC(=O)/C(C#N)=C(\OCC)c1ccccc1. The fourth-order valence-corrected chi connectivity index (χ4v) is 1.60. The summed E-state index contributed by atoms with van der Waals surface area (Å²) < 4.78 is 10.5. The van der Waals surface area contributed by atoms with Crippen molar-refractivity contribution in [1.82, 2.24) is 0 Å². The molecule has 0 radical (unpaired) electrons. The average molecular weight is 273 g/mol. The molecular weight excluding hydrogens is 254 g/mol. The van der Waals surface area contributed by atoms with Crippen LogP contribution in [-0.2, 0) is 14.3 Å². The van der Waals surface area contributed by atoms with Crippen LogP contribution in [0.3, 0.4) is 0 Å². The van der Waals surface area contributed by atoms with Crippen molar-refractivity contribution in [3.8, 4) is 6.07 Å². The smallest absolute Gasteiger partial charge is 0.352 e. The van der Waals surface area contributed by atoms with Gasteiger partial charge >= 0.3 is 5.97 Å². The van der Waals surface area contributed by atoms with Crippen LogP contribution in [0.25, 0.3) is 5.76 Å². The van der Waals surface area contributed by atoms with Crippen molar-refractivity contribution in [3.63, 3.8) is 0 Å². The molecule has 0 amide bonds. The van der Waals surface area contributed by atoms with Crippen molar-refractivity contribution in [2.24, 2.45) is 0 Å². The first-order valence-corrected chi connectivity index (χ1v) is 6.74. The number of carbonyl (C=O) groups is 1. The van der Waals surface area contributed by atoms with Gasteiger partial charge in [-0.25, -0.2) is 4.79 Å². The topological polar surface area (TPSA) is 59.3 Å². The third-order valence-electron chi connectivity index (χ3n) is 2.60. The Balaban J connectivity index is 3.04. The Kier molecular flexibility index (Phi) is 6.91. The molecule has 4 heteroatoms. The van der Waals surface area contributed by atoms with E-state index in [1.165, 1.54) is 0 Å². The zero-order valence-electron chi connectivity index (χ0n) is 11.9. The number of rotatable bonds is 7. The number of carbonyl (C=O) groups excluding carboxylic acids is 1. The van der Waals surface area contributed by atoms with Crippen LogP contribution in [0.2, 0.25) is 0 Å². The minimum atomic E-state index is -0.631. The average Bonchev–Trinajstić information content (AvgIpc) is 2.48. The molecule has 1 aromatic rings. The lowest BCUT2D eigenvalue weighted by Crippen LogP contribution is -2.11. The minimum absolute atomic E-state index is 0.0887. The van der Waals surface area contributed by atoms with Crippen LogP contribution >= 0.6 is 0 Å². The number of benzene rings is 1. The molecule has 0 aliphatic heterocycles. The Bertz CT molecular complexity index is 500. The summed E-state index contributed by atoms with van der Waals surface area (Å²) in [5, 5.41) is 9.22. The van der Waals surface area contributed by atoms with Gasteiger partial charge in [-0.1, -0.05) is 43.7 Å². The number of ether oxygens (including phenoxy) is 2. The quantitative estimate of drug-likeness (QED) is 0.251. The second-order valence-electron chi connectivity index (χ2n) is 4.10. The van der Waals surface area contributed by atoms with Crippen molar-refractivity contribution in [1.29, 1.82) is 5.26 Å². The normalized spacial score (nSPS) is 11.2. The van der Waals surface area contributed by atoms with E-state index in [2.05, 4.69) is 0 Å². The molecule has 4 nitrogen and oxygen atoms in total. The summed E-state index contributed by atoms with van der Waals surface area (Å²) in [5.41, 5.74) is 0.604. The van der Waals surface area contributed by atoms with E-state index in [9.17, 15) is 10.1 Å². The van der Waals surface area contributed by atoms with Crippen LogP contribution < -0.4 is 0 Å². The molecule has 106 valence electrons. The van der Waals surface area contributed by atoms with Gasteiger partial charge in [0.2, 0.25) is 0 Å². The van der Waals surface area contributed by atoms with Gasteiger partial charge in [0.1, 0.15) is 6.07 Å². The Labute approximate surface area is 119 Å². The molecule has 0 saturated heterocycles. The fraction of sp³-hybridized carbons (Fsp3) is 0.375. The first kappa shape index (κ1) is 15.8. The van der Waals surface area contributed by atoms with E-state index >= 15 is 0 Å². The van der Waals surface area contributed by atoms with Gasteiger partial charge in [-0.05, 0) is 13.3 Å². The number of esters is 1. The van der Waals surface area contributed by atoms with Crippen LogP contribution in [0.1, 0.15) is 32.3 Å².